The van der Waals surface area contributed by atoms with Crippen molar-refractivity contribution in [2.45, 2.75) is 31.8 Å². The number of benzene rings is 1. The van der Waals surface area contributed by atoms with Gasteiger partial charge in [0.1, 0.15) is 6.10 Å². The lowest BCUT2D eigenvalue weighted by Gasteiger charge is -2.18. The fourth-order valence-electron chi connectivity index (χ4n) is 2.60. The number of hydrogen-bond acceptors (Lipinski definition) is 5. The summed E-state index contributed by atoms with van der Waals surface area (Å²) in [5.74, 6) is -0.356. The molecule has 0 radical (unpaired) electrons. The van der Waals surface area contributed by atoms with Gasteiger partial charge in [-0.1, -0.05) is 13.8 Å². The Labute approximate surface area is 158 Å². The topological polar surface area (TPSA) is 86.7 Å². The largest absolute Gasteiger partial charge is 0.386 e. The average molecular weight is 397 g/mol. The minimum absolute atomic E-state index is 0.0969. The molecule has 2 N–H and O–H groups in total. The van der Waals surface area contributed by atoms with E-state index in [9.17, 15) is 18.3 Å². The maximum atomic E-state index is 12.4. The molecule has 0 saturated carbocycles. The fraction of sp³-hybridized carbons (Fsp3) is 0.389. The van der Waals surface area contributed by atoms with Gasteiger partial charge in [0.2, 0.25) is 10.0 Å². The summed E-state index contributed by atoms with van der Waals surface area (Å²) in [5.41, 5.74) is 1.33. The third kappa shape index (κ3) is 4.50. The number of aliphatic hydroxyl groups is 1. The molecule has 6 nitrogen and oxygen atoms in total. The van der Waals surface area contributed by atoms with E-state index in [1.165, 1.54) is 39.9 Å². The molecule has 1 atom stereocenters. The van der Waals surface area contributed by atoms with Crippen LogP contribution in [0.5, 0.6) is 0 Å². The second-order valence-corrected chi connectivity index (χ2v) is 8.69. The molecular weight excluding hydrogens is 372 g/mol. The van der Waals surface area contributed by atoms with Crippen LogP contribution in [0.3, 0.4) is 0 Å². The van der Waals surface area contributed by atoms with Gasteiger partial charge < -0.3 is 10.4 Å². The highest BCUT2D eigenvalue weighted by Crippen LogP contribution is 2.23. The maximum absolute atomic E-state index is 12.4. The number of thiophene rings is 1. The minimum atomic E-state index is -3.54. The van der Waals surface area contributed by atoms with Crippen molar-refractivity contribution in [1.82, 2.24) is 9.62 Å². The summed E-state index contributed by atoms with van der Waals surface area (Å²) in [6.07, 6.45) is -0.763. The van der Waals surface area contributed by atoms with Crippen molar-refractivity contribution in [3.05, 3.63) is 51.7 Å². The Balaban J connectivity index is 2.04. The Morgan fingerprint density at radius 3 is 2.31 bits per heavy atom. The van der Waals surface area contributed by atoms with Crippen molar-refractivity contribution in [2.24, 2.45) is 0 Å². The van der Waals surface area contributed by atoms with E-state index in [4.69, 9.17) is 0 Å². The molecule has 0 spiro atoms. The van der Waals surface area contributed by atoms with Crippen molar-refractivity contribution < 1.29 is 18.3 Å². The molecule has 142 valence electrons. The first-order chi connectivity index (χ1) is 12.3. The molecule has 1 aromatic heterocycles. The SMILES string of the molecule is CCN(CC)S(=O)(=O)c1ccc(C(=O)NCC(O)c2sccc2C)cc1. The fourth-order valence-corrected chi connectivity index (χ4v) is 4.97. The first-order valence-electron chi connectivity index (χ1n) is 8.41. The highest BCUT2D eigenvalue weighted by molar-refractivity contribution is 7.89. The second kappa shape index (κ2) is 8.77. The first kappa shape index (κ1) is 20.6. The predicted molar refractivity (Wildman–Crippen MR) is 103 cm³/mol. The number of aliphatic hydroxyl groups excluding tert-OH is 1. The molecule has 0 bridgehead atoms. The zero-order valence-corrected chi connectivity index (χ0v) is 16.7. The maximum Gasteiger partial charge on any atom is 0.251 e. The standard InChI is InChI=1S/C18H24N2O4S2/c1-4-20(5-2)26(23,24)15-8-6-14(7-9-15)18(22)19-12-16(21)17-13(3)10-11-25-17/h6-11,16,21H,4-5,12H2,1-3H3,(H,19,22). The minimum Gasteiger partial charge on any atom is -0.386 e. The molecule has 0 aliphatic rings. The van der Waals surface area contributed by atoms with E-state index in [0.29, 0.717) is 18.7 Å². The number of aryl methyl sites for hydroxylation is 1. The van der Waals surface area contributed by atoms with E-state index in [2.05, 4.69) is 5.32 Å². The summed E-state index contributed by atoms with van der Waals surface area (Å²) in [7, 11) is -3.54. The van der Waals surface area contributed by atoms with Gasteiger partial charge >= 0.3 is 0 Å². The Morgan fingerprint density at radius 2 is 1.81 bits per heavy atom. The van der Waals surface area contributed by atoms with Crippen molar-refractivity contribution in [3.63, 3.8) is 0 Å². The van der Waals surface area contributed by atoms with Gasteiger partial charge in [-0.25, -0.2) is 8.42 Å². The van der Waals surface area contributed by atoms with Gasteiger partial charge in [-0.15, -0.1) is 11.3 Å². The first-order valence-corrected chi connectivity index (χ1v) is 10.7. The zero-order chi connectivity index (χ0) is 19.3. The van der Waals surface area contributed by atoms with Crippen LogP contribution in [0.25, 0.3) is 0 Å². The van der Waals surface area contributed by atoms with Crippen LogP contribution in [0.15, 0.2) is 40.6 Å². The van der Waals surface area contributed by atoms with Gasteiger partial charge in [0.15, 0.2) is 0 Å². The summed E-state index contributed by atoms with van der Waals surface area (Å²) in [4.78, 5) is 13.2. The summed E-state index contributed by atoms with van der Waals surface area (Å²) in [6, 6.07) is 7.74. The van der Waals surface area contributed by atoms with Gasteiger partial charge in [0.25, 0.3) is 5.91 Å². The monoisotopic (exact) mass is 396 g/mol. The third-order valence-electron chi connectivity index (χ3n) is 4.12. The van der Waals surface area contributed by atoms with Crippen LogP contribution in [0.2, 0.25) is 0 Å². The number of amides is 1. The molecule has 8 heteroatoms. The molecule has 0 aliphatic heterocycles. The predicted octanol–water partition coefficient (Wildman–Crippen LogP) is 2.55. The summed E-state index contributed by atoms with van der Waals surface area (Å²) >= 11 is 1.44. The van der Waals surface area contributed by atoms with Crippen molar-refractivity contribution in [3.8, 4) is 0 Å². The van der Waals surface area contributed by atoms with E-state index < -0.39 is 16.1 Å². The Bertz CT molecular complexity index is 840. The van der Waals surface area contributed by atoms with Gasteiger partial charge in [0.05, 0.1) is 4.90 Å². The number of nitrogens with one attached hydrogen (secondary N) is 1. The molecule has 0 saturated heterocycles. The van der Waals surface area contributed by atoms with Crippen LogP contribution in [0, 0.1) is 6.92 Å². The van der Waals surface area contributed by atoms with Crippen molar-refractivity contribution >= 4 is 27.3 Å². The van der Waals surface area contributed by atoms with Gasteiger partial charge in [-0.2, -0.15) is 4.31 Å². The number of carbonyl (C=O) groups is 1. The van der Waals surface area contributed by atoms with Crippen molar-refractivity contribution in [2.75, 3.05) is 19.6 Å². The molecule has 0 fully saturated rings. The zero-order valence-electron chi connectivity index (χ0n) is 15.1. The molecule has 26 heavy (non-hydrogen) atoms. The number of sulfonamides is 1. The van der Waals surface area contributed by atoms with E-state index in [-0.39, 0.29) is 17.3 Å². The van der Waals surface area contributed by atoms with Crippen LogP contribution in [-0.2, 0) is 10.0 Å². The van der Waals surface area contributed by atoms with Crippen LogP contribution >= 0.6 is 11.3 Å². The van der Waals surface area contributed by atoms with Gasteiger partial charge in [-0.05, 0) is 48.2 Å². The van der Waals surface area contributed by atoms with E-state index in [1.807, 2.05) is 18.4 Å². The average Bonchev–Trinajstić information content (AvgIpc) is 3.06. The molecule has 1 unspecified atom stereocenters. The Kier molecular flexibility index (Phi) is 6.94. The lowest BCUT2D eigenvalue weighted by Crippen LogP contribution is -2.31. The lowest BCUT2D eigenvalue weighted by molar-refractivity contribution is 0.0917. The molecule has 1 amide bonds. The van der Waals surface area contributed by atoms with Gasteiger partial charge in [0, 0.05) is 30.1 Å². The molecular formula is C18H24N2O4S2. The molecule has 0 aliphatic carbocycles. The van der Waals surface area contributed by atoms with E-state index in [0.717, 1.165) is 10.4 Å². The van der Waals surface area contributed by atoms with Crippen LogP contribution in [-0.4, -0.2) is 43.4 Å². The van der Waals surface area contributed by atoms with Crippen LogP contribution < -0.4 is 5.32 Å². The highest BCUT2D eigenvalue weighted by atomic mass is 32.2. The van der Waals surface area contributed by atoms with Crippen LogP contribution in [0.4, 0.5) is 0 Å². The van der Waals surface area contributed by atoms with Gasteiger partial charge in [-0.3, -0.25) is 4.79 Å². The van der Waals surface area contributed by atoms with Crippen molar-refractivity contribution in [1.29, 1.82) is 0 Å². The molecule has 2 aromatic rings. The second-order valence-electron chi connectivity index (χ2n) is 5.81. The number of hydrogen-bond donors (Lipinski definition) is 2. The third-order valence-corrected chi connectivity index (χ3v) is 7.30. The number of carbonyl (C=O) groups excluding carboxylic acids is 1. The van der Waals surface area contributed by atoms with Crippen LogP contribution in [0.1, 0.15) is 40.8 Å². The summed E-state index contributed by atoms with van der Waals surface area (Å²) < 4.78 is 26.3. The Hall–Kier alpha value is -1.74. The van der Waals surface area contributed by atoms with E-state index >= 15 is 0 Å². The molecule has 1 heterocycles. The summed E-state index contributed by atoms with van der Waals surface area (Å²) in [6.45, 7) is 6.35. The molecule has 2 rings (SSSR count). The smallest absolute Gasteiger partial charge is 0.251 e. The quantitative estimate of drug-likeness (QED) is 0.718. The highest BCUT2D eigenvalue weighted by Gasteiger charge is 2.22. The summed E-state index contributed by atoms with van der Waals surface area (Å²) in [5, 5.41) is 14.7. The lowest BCUT2D eigenvalue weighted by atomic mass is 10.2. The Morgan fingerprint density at radius 1 is 1.19 bits per heavy atom. The molecule has 1 aromatic carbocycles. The van der Waals surface area contributed by atoms with E-state index in [1.54, 1.807) is 13.8 Å². The number of rotatable bonds is 8. The number of nitrogens with zero attached hydrogens (tertiary/aromatic N) is 1. The normalized spacial score (nSPS) is 13.0.